The van der Waals surface area contributed by atoms with Crippen LogP contribution in [0.4, 0.5) is 4.39 Å². The maximum atomic E-state index is 13.1. The standard InChI is InChI=1S/C12H15FO4/c1-12(2,3)17-11(15)7-5-6-8(13)9(14)10(7)16-4/h5-6,14H,1-4H3. The van der Waals surface area contributed by atoms with Crippen LogP contribution >= 0.6 is 0 Å². The van der Waals surface area contributed by atoms with Crippen LogP contribution in [0.3, 0.4) is 0 Å². The highest BCUT2D eigenvalue weighted by Crippen LogP contribution is 2.33. The molecule has 1 aromatic carbocycles. The van der Waals surface area contributed by atoms with E-state index in [4.69, 9.17) is 9.47 Å². The number of benzene rings is 1. The fourth-order valence-electron chi connectivity index (χ4n) is 1.25. The zero-order valence-corrected chi connectivity index (χ0v) is 10.2. The minimum Gasteiger partial charge on any atom is -0.502 e. The van der Waals surface area contributed by atoms with Gasteiger partial charge in [-0.15, -0.1) is 0 Å². The van der Waals surface area contributed by atoms with Gasteiger partial charge < -0.3 is 14.6 Å². The molecule has 0 aliphatic heterocycles. The number of phenols is 1. The van der Waals surface area contributed by atoms with Crippen molar-refractivity contribution >= 4 is 5.97 Å². The van der Waals surface area contributed by atoms with Crippen molar-refractivity contribution in [2.24, 2.45) is 0 Å². The van der Waals surface area contributed by atoms with Crippen molar-refractivity contribution in [1.29, 1.82) is 0 Å². The molecule has 0 radical (unpaired) electrons. The Kier molecular flexibility index (Phi) is 3.60. The molecule has 0 atom stereocenters. The van der Waals surface area contributed by atoms with Gasteiger partial charge in [0.15, 0.2) is 17.3 Å². The van der Waals surface area contributed by atoms with Gasteiger partial charge in [0.05, 0.1) is 7.11 Å². The second-order valence-electron chi connectivity index (χ2n) is 4.48. The second-order valence-corrected chi connectivity index (χ2v) is 4.48. The van der Waals surface area contributed by atoms with Crippen LogP contribution in [-0.2, 0) is 4.74 Å². The molecule has 0 fully saturated rings. The lowest BCUT2D eigenvalue weighted by molar-refractivity contribution is 0.00658. The van der Waals surface area contributed by atoms with Gasteiger partial charge >= 0.3 is 5.97 Å². The van der Waals surface area contributed by atoms with E-state index in [0.717, 1.165) is 6.07 Å². The molecule has 0 bridgehead atoms. The summed E-state index contributed by atoms with van der Waals surface area (Å²) in [7, 11) is 1.24. The molecule has 0 heterocycles. The molecule has 5 heteroatoms. The number of esters is 1. The Morgan fingerprint density at radius 3 is 2.41 bits per heavy atom. The molecule has 0 unspecified atom stereocenters. The number of hydrogen-bond donors (Lipinski definition) is 1. The van der Waals surface area contributed by atoms with Crippen LogP contribution in [0.25, 0.3) is 0 Å². The summed E-state index contributed by atoms with van der Waals surface area (Å²) in [5.41, 5.74) is -0.687. The number of aromatic hydroxyl groups is 1. The molecule has 4 nitrogen and oxygen atoms in total. The van der Waals surface area contributed by atoms with Gasteiger partial charge in [0.25, 0.3) is 0 Å². The van der Waals surface area contributed by atoms with Gasteiger partial charge in [0, 0.05) is 0 Å². The second kappa shape index (κ2) is 4.61. The lowest BCUT2D eigenvalue weighted by atomic mass is 10.1. The number of methoxy groups -OCH3 is 1. The van der Waals surface area contributed by atoms with Gasteiger partial charge in [-0.3, -0.25) is 0 Å². The molecular weight excluding hydrogens is 227 g/mol. The first kappa shape index (κ1) is 13.3. The minimum atomic E-state index is -0.853. The van der Waals surface area contributed by atoms with Crippen LogP contribution in [-0.4, -0.2) is 23.8 Å². The molecule has 1 rings (SSSR count). The molecule has 0 aliphatic carbocycles. The molecule has 0 aromatic heterocycles. The first-order chi connectivity index (χ1) is 7.76. The Morgan fingerprint density at radius 1 is 1.35 bits per heavy atom. The highest BCUT2D eigenvalue weighted by atomic mass is 19.1. The van der Waals surface area contributed by atoms with E-state index in [1.165, 1.54) is 13.2 Å². The zero-order valence-electron chi connectivity index (χ0n) is 10.2. The van der Waals surface area contributed by atoms with E-state index in [0.29, 0.717) is 0 Å². The molecule has 0 amide bonds. The summed E-state index contributed by atoms with van der Waals surface area (Å²) in [6.45, 7) is 5.13. The first-order valence-electron chi connectivity index (χ1n) is 5.05. The number of ether oxygens (including phenoxy) is 2. The fourth-order valence-corrected chi connectivity index (χ4v) is 1.25. The van der Waals surface area contributed by atoms with Crippen molar-refractivity contribution in [3.63, 3.8) is 0 Å². The average molecular weight is 242 g/mol. The summed E-state index contributed by atoms with van der Waals surface area (Å²) >= 11 is 0. The topological polar surface area (TPSA) is 55.8 Å². The van der Waals surface area contributed by atoms with Crippen LogP contribution in [0.15, 0.2) is 12.1 Å². The van der Waals surface area contributed by atoms with Gasteiger partial charge in [0.1, 0.15) is 11.2 Å². The molecule has 1 aromatic rings. The normalized spacial score (nSPS) is 11.1. The van der Waals surface area contributed by atoms with Crippen molar-refractivity contribution in [2.45, 2.75) is 26.4 Å². The fraction of sp³-hybridized carbons (Fsp3) is 0.417. The van der Waals surface area contributed by atoms with Crippen LogP contribution in [0.1, 0.15) is 31.1 Å². The monoisotopic (exact) mass is 242 g/mol. The van der Waals surface area contributed by atoms with E-state index in [9.17, 15) is 14.3 Å². The highest BCUT2D eigenvalue weighted by molar-refractivity contribution is 5.93. The maximum absolute atomic E-state index is 13.1. The molecule has 0 saturated heterocycles. The summed E-state index contributed by atoms with van der Waals surface area (Å²) in [6, 6.07) is 2.19. The van der Waals surface area contributed by atoms with E-state index < -0.39 is 23.1 Å². The summed E-state index contributed by atoms with van der Waals surface area (Å²) in [5, 5.41) is 9.42. The van der Waals surface area contributed by atoms with Crippen molar-refractivity contribution in [3.05, 3.63) is 23.5 Å². The number of carbonyl (C=O) groups excluding carboxylic acids is 1. The Morgan fingerprint density at radius 2 is 1.94 bits per heavy atom. The van der Waals surface area contributed by atoms with Gasteiger partial charge in [0.2, 0.25) is 0 Å². The summed E-state index contributed by atoms with van der Waals surface area (Å²) in [5.74, 6) is -2.45. The molecular formula is C12H15FO4. The van der Waals surface area contributed by atoms with E-state index in [2.05, 4.69) is 0 Å². The van der Waals surface area contributed by atoms with Crippen LogP contribution < -0.4 is 4.74 Å². The van der Waals surface area contributed by atoms with Crippen molar-refractivity contribution in [3.8, 4) is 11.5 Å². The molecule has 0 spiro atoms. The van der Waals surface area contributed by atoms with Crippen LogP contribution in [0, 0.1) is 5.82 Å². The van der Waals surface area contributed by atoms with Gasteiger partial charge in [-0.25, -0.2) is 9.18 Å². The van der Waals surface area contributed by atoms with E-state index in [1.54, 1.807) is 20.8 Å². The van der Waals surface area contributed by atoms with Crippen LogP contribution in [0.2, 0.25) is 0 Å². The van der Waals surface area contributed by atoms with Crippen molar-refractivity contribution < 1.29 is 23.8 Å². The lowest BCUT2D eigenvalue weighted by Crippen LogP contribution is -2.24. The number of carbonyl (C=O) groups is 1. The first-order valence-corrected chi connectivity index (χ1v) is 5.05. The number of halogens is 1. The summed E-state index contributed by atoms with van der Waals surface area (Å²) in [4.78, 5) is 11.8. The maximum Gasteiger partial charge on any atom is 0.342 e. The van der Waals surface area contributed by atoms with Crippen molar-refractivity contribution in [1.82, 2.24) is 0 Å². The van der Waals surface area contributed by atoms with E-state index >= 15 is 0 Å². The predicted molar refractivity (Wildman–Crippen MR) is 59.8 cm³/mol. The molecule has 0 saturated carbocycles. The van der Waals surface area contributed by atoms with E-state index in [1.807, 2.05) is 0 Å². The van der Waals surface area contributed by atoms with Gasteiger partial charge in [-0.1, -0.05) is 0 Å². The Hall–Kier alpha value is -1.78. The highest BCUT2D eigenvalue weighted by Gasteiger charge is 2.24. The van der Waals surface area contributed by atoms with Gasteiger partial charge in [-0.05, 0) is 32.9 Å². The lowest BCUT2D eigenvalue weighted by Gasteiger charge is -2.20. The molecule has 0 aliphatic rings. The van der Waals surface area contributed by atoms with Crippen molar-refractivity contribution in [2.75, 3.05) is 7.11 Å². The number of phenolic OH excluding ortho intramolecular Hbond substituents is 1. The molecule has 94 valence electrons. The third-order valence-electron chi connectivity index (χ3n) is 1.91. The molecule has 17 heavy (non-hydrogen) atoms. The Balaban J connectivity index is 3.14. The number of hydrogen-bond acceptors (Lipinski definition) is 4. The molecule has 1 N–H and O–H groups in total. The van der Waals surface area contributed by atoms with E-state index in [-0.39, 0.29) is 11.3 Å². The Labute approximate surface area is 99.0 Å². The number of rotatable bonds is 2. The zero-order chi connectivity index (χ0) is 13.2. The minimum absolute atomic E-state index is 0.0127. The SMILES string of the molecule is COc1c(C(=O)OC(C)(C)C)ccc(F)c1O. The smallest absolute Gasteiger partial charge is 0.342 e. The van der Waals surface area contributed by atoms with Crippen LogP contribution in [0.5, 0.6) is 11.5 Å². The third kappa shape index (κ3) is 3.09. The predicted octanol–water partition coefficient (Wildman–Crippen LogP) is 2.50. The Bertz CT molecular complexity index is 435. The summed E-state index contributed by atoms with van der Waals surface area (Å²) < 4.78 is 23.0. The quantitative estimate of drug-likeness (QED) is 0.809. The average Bonchev–Trinajstić information content (AvgIpc) is 2.19. The summed E-state index contributed by atoms with van der Waals surface area (Å²) in [6.07, 6.45) is 0. The third-order valence-corrected chi connectivity index (χ3v) is 1.91. The van der Waals surface area contributed by atoms with Gasteiger partial charge in [-0.2, -0.15) is 0 Å². The largest absolute Gasteiger partial charge is 0.502 e.